The van der Waals surface area contributed by atoms with Crippen molar-refractivity contribution in [1.82, 2.24) is 9.80 Å². The number of rotatable bonds is 6. The second-order valence-corrected chi connectivity index (χ2v) is 8.07. The molecule has 1 aliphatic rings. The number of nitrogens with one attached hydrogen (secondary N) is 2. The van der Waals surface area contributed by atoms with Gasteiger partial charge in [0.25, 0.3) is 5.91 Å². The fourth-order valence-corrected chi connectivity index (χ4v) is 3.47. The molecule has 3 rings (SSSR count). The summed E-state index contributed by atoms with van der Waals surface area (Å²) in [7, 11) is 2.17. The number of piperazine rings is 1. The summed E-state index contributed by atoms with van der Waals surface area (Å²) in [6.07, 6.45) is 0. The van der Waals surface area contributed by atoms with Crippen LogP contribution in [0.3, 0.4) is 0 Å². The van der Waals surface area contributed by atoms with Gasteiger partial charge in [0.15, 0.2) is 0 Å². The summed E-state index contributed by atoms with van der Waals surface area (Å²) >= 11 is 0. The Morgan fingerprint density at radius 2 is 1.82 bits per heavy atom. The third-order valence-corrected chi connectivity index (χ3v) is 5.08. The molecule has 1 aliphatic heterocycles. The van der Waals surface area contributed by atoms with E-state index in [-0.39, 0.29) is 5.91 Å². The van der Waals surface area contributed by atoms with Gasteiger partial charge in [-0.15, -0.1) is 0 Å². The molecule has 5 heteroatoms. The normalized spacial score (nSPS) is 15.6. The molecule has 2 N–H and O–H groups in total. The van der Waals surface area contributed by atoms with Crippen molar-refractivity contribution in [2.45, 2.75) is 33.4 Å². The first-order valence-corrected chi connectivity index (χ1v) is 10.1. The zero-order valence-corrected chi connectivity index (χ0v) is 17.5. The second-order valence-electron chi connectivity index (χ2n) is 8.07. The monoisotopic (exact) mass is 380 g/mol. The zero-order chi connectivity index (χ0) is 20.1. The highest BCUT2D eigenvalue weighted by molar-refractivity contribution is 6.05. The van der Waals surface area contributed by atoms with Crippen LogP contribution in [0.15, 0.2) is 42.5 Å². The van der Waals surface area contributed by atoms with Crippen molar-refractivity contribution in [3.63, 3.8) is 0 Å². The van der Waals surface area contributed by atoms with E-state index in [4.69, 9.17) is 0 Å². The molecule has 0 unspecified atom stereocenters. The smallest absolute Gasteiger partial charge is 0.255 e. The first kappa shape index (κ1) is 20.4. The molecule has 2 aromatic carbocycles. The van der Waals surface area contributed by atoms with Crippen molar-refractivity contribution in [2.75, 3.05) is 43.9 Å². The summed E-state index contributed by atoms with van der Waals surface area (Å²) in [5.74, 6) is -0.0800. The largest absolute Gasteiger partial charge is 0.383 e. The molecule has 28 heavy (non-hydrogen) atoms. The van der Waals surface area contributed by atoms with Gasteiger partial charge in [0.05, 0.1) is 0 Å². The molecule has 5 nitrogen and oxygen atoms in total. The number of anilines is 2. The fraction of sp³-hybridized carbons (Fsp3) is 0.435. The molecule has 1 fully saturated rings. The Morgan fingerprint density at radius 3 is 2.50 bits per heavy atom. The summed E-state index contributed by atoms with van der Waals surface area (Å²) in [5.41, 5.74) is 4.91. The predicted octanol–water partition coefficient (Wildman–Crippen LogP) is 3.82. The van der Waals surface area contributed by atoms with Crippen molar-refractivity contribution in [3.8, 4) is 0 Å². The van der Waals surface area contributed by atoms with Crippen LogP contribution >= 0.6 is 0 Å². The lowest BCUT2D eigenvalue weighted by atomic mass is 10.1. The molecule has 2 aromatic rings. The molecule has 150 valence electrons. The highest BCUT2D eigenvalue weighted by Crippen LogP contribution is 2.22. The van der Waals surface area contributed by atoms with Gasteiger partial charge in [-0.1, -0.05) is 18.2 Å². The van der Waals surface area contributed by atoms with E-state index in [1.165, 1.54) is 5.56 Å². The van der Waals surface area contributed by atoms with E-state index < -0.39 is 0 Å². The lowest BCUT2D eigenvalue weighted by molar-refractivity contribution is 0.102. The summed E-state index contributed by atoms with van der Waals surface area (Å²) in [5, 5.41) is 6.53. The van der Waals surface area contributed by atoms with Gasteiger partial charge in [0.2, 0.25) is 0 Å². The number of amides is 1. The van der Waals surface area contributed by atoms with Crippen LogP contribution in [0, 0.1) is 6.92 Å². The van der Waals surface area contributed by atoms with Crippen molar-refractivity contribution in [3.05, 3.63) is 59.2 Å². The molecule has 0 aromatic heterocycles. The van der Waals surface area contributed by atoms with E-state index in [0.29, 0.717) is 11.6 Å². The Kier molecular flexibility index (Phi) is 6.70. The van der Waals surface area contributed by atoms with E-state index in [1.54, 1.807) is 0 Å². The Morgan fingerprint density at radius 1 is 1.07 bits per heavy atom. The quantitative estimate of drug-likeness (QED) is 0.800. The van der Waals surface area contributed by atoms with Gasteiger partial charge in [-0.3, -0.25) is 9.69 Å². The number of hydrogen-bond acceptors (Lipinski definition) is 4. The summed E-state index contributed by atoms with van der Waals surface area (Å²) in [6.45, 7) is 11.5. The van der Waals surface area contributed by atoms with E-state index >= 15 is 0 Å². The van der Waals surface area contributed by atoms with E-state index in [0.717, 1.165) is 49.7 Å². The maximum Gasteiger partial charge on any atom is 0.255 e. The Labute approximate surface area is 168 Å². The number of likely N-dealkylation sites (N-methyl/N-ethyl adjacent to an activating group) is 1. The van der Waals surface area contributed by atoms with Gasteiger partial charge >= 0.3 is 0 Å². The number of nitrogens with zero attached hydrogens (tertiary/aromatic N) is 2. The van der Waals surface area contributed by atoms with Crippen molar-refractivity contribution < 1.29 is 4.79 Å². The summed E-state index contributed by atoms with van der Waals surface area (Å²) in [4.78, 5) is 17.6. The van der Waals surface area contributed by atoms with Gasteiger partial charge in [0.1, 0.15) is 0 Å². The second kappa shape index (κ2) is 9.22. The molecular weight excluding hydrogens is 348 g/mol. The van der Waals surface area contributed by atoms with Crippen molar-refractivity contribution >= 4 is 17.3 Å². The van der Waals surface area contributed by atoms with Crippen LogP contribution in [0.2, 0.25) is 0 Å². The van der Waals surface area contributed by atoms with Crippen molar-refractivity contribution in [2.24, 2.45) is 0 Å². The molecule has 0 saturated carbocycles. The van der Waals surface area contributed by atoms with Crippen LogP contribution in [0.1, 0.15) is 35.3 Å². The van der Waals surface area contributed by atoms with Gasteiger partial charge in [0, 0.05) is 55.7 Å². The SMILES string of the molecule is Cc1cccc(NC(=O)c2ccc(CN3CCN(C)CC3)c(NC(C)C)c2)c1. The minimum absolute atomic E-state index is 0.0800. The van der Waals surface area contributed by atoms with Crippen LogP contribution in [-0.4, -0.2) is 55.0 Å². The number of carbonyl (C=O) groups excluding carboxylic acids is 1. The van der Waals surface area contributed by atoms with Crippen LogP contribution in [0.25, 0.3) is 0 Å². The van der Waals surface area contributed by atoms with Crippen molar-refractivity contribution in [1.29, 1.82) is 0 Å². The fourth-order valence-electron chi connectivity index (χ4n) is 3.47. The molecular formula is C23H32N4O. The summed E-state index contributed by atoms with van der Waals surface area (Å²) in [6, 6.07) is 14.2. The van der Waals surface area contributed by atoms with Crippen LogP contribution in [0.4, 0.5) is 11.4 Å². The molecule has 0 spiro atoms. The lowest BCUT2D eigenvalue weighted by Crippen LogP contribution is -2.44. The average molecular weight is 381 g/mol. The Hall–Kier alpha value is -2.37. The third kappa shape index (κ3) is 5.57. The first-order chi connectivity index (χ1) is 13.4. The highest BCUT2D eigenvalue weighted by Gasteiger charge is 2.17. The molecule has 0 aliphatic carbocycles. The van der Waals surface area contributed by atoms with Crippen LogP contribution in [0.5, 0.6) is 0 Å². The van der Waals surface area contributed by atoms with Crippen LogP contribution < -0.4 is 10.6 Å². The van der Waals surface area contributed by atoms with Gasteiger partial charge in [-0.25, -0.2) is 0 Å². The number of carbonyl (C=O) groups is 1. The number of benzene rings is 2. The maximum absolute atomic E-state index is 12.7. The summed E-state index contributed by atoms with van der Waals surface area (Å²) < 4.78 is 0. The average Bonchev–Trinajstić information content (AvgIpc) is 2.64. The van der Waals surface area contributed by atoms with Gasteiger partial charge in [-0.05, 0) is 63.2 Å². The van der Waals surface area contributed by atoms with E-state index in [1.807, 2.05) is 43.3 Å². The van der Waals surface area contributed by atoms with Crippen LogP contribution in [-0.2, 0) is 6.54 Å². The number of aryl methyl sites for hydroxylation is 1. The first-order valence-electron chi connectivity index (χ1n) is 10.1. The maximum atomic E-state index is 12.7. The molecule has 1 saturated heterocycles. The standard InChI is InChI=1S/C23H32N4O/c1-17(2)24-22-15-19(23(28)25-21-7-5-6-18(3)14-21)8-9-20(22)16-27-12-10-26(4)11-13-27/h5-9,14-15,17,24H,10-13,16H2,1-4H3,(H,25,28). The molecule has 0 radical (unpaired) electrons. The highest BCUT2D eigenvalue weighted by atomic mass is 16.1. The van der Waals surface area contributed by atoms with Gasteiger partial charge in [-0.2, -0.15) is 0 Å². The molecule has 0 atom stereocenters. The van der Waals surface area contributed by atoms with E-state index in [9.17, 15) is 4.79 Å². The molecule has 1 amide bonds. The topological polar surface area (TPSA) is 47.6 Å². The molecule has 0 bridgehead atoms. The van der Waals surface area contributed by atoms with Gasteiger partial charge < -0.3 is 15.5 Å². The Balaban J connectivity index is 1.76. The molecule has 1 heterocycles. The lowest BCUT2D eigenvalue weighted by Gasteiger charge is -2.33. The zero-order valence-electron chi connectivity index (χ0n) is 17.5. The minimum Gasteiger partial charge on any atom is -0.383 e. The predicted molar refractivity (Wildman–Crippen MR) is 117 cm³/mol. The third-order valence-electron chi connectivity index (χ3n) is 5.08. The minimum atomic E-state index is -0.0800. The number of hydrogen-bond donors (Lipinski definition) is 2. The Bertz CT molecular complexity index is 810. The van der Waals surface area contributed by atoms with E-state index in [2.05, 4.69) is 47.4 Å².